The van der Waals surface area contributed by atoms with E-state index in [9.17, 15) is 5.11 Å². The summed E-state index contributed by atoms with van der Waals surface area (Å²) in [6.45, 7) is 10.5. The SMILES string of the molecule is CC(C)CNCC1(CN(CCO)C2CC2)CCOC1. The summed E-state index contributed by atoms with van der Waals surface area (Å²) in [5, 5.41) is 12.8. The van der Waals surface area contributed by atoms with Crippen LogP contribution in [0.25, 0.3) is 0 Å². The van der Waals surface area contributed by atoms with E-state index in [4.69, 9.17) is 4.74 Å². The maximum Gasteiger partial charge on any atom is 0.0558 e. The van der Waals surface area contributed by atoms with E-state index in [0.717, 1.165) is 51.9 Å². The average Bonchev–Trinajstić information content (AvgIpc) is 3.11. The van der Waals surface area contributed by atoms with Gasteiger partial charge in [-0.1, -0.05) is 13.8 Å². The summed E-state index contributed by atoms with van der Waals surface area (Å²) in [4.78, 5) is 2.48. The molecule has 0 aromatic carbocycles. The minimum atomic E-state index is 0.257. The third-order valence-corrected chi connectivity index (χ3v) is 4.23. The van der Waals surface area contributed by atoms with Crippen LogP contribution >= 0.6 is 0 Å². The van der Waals surface area contributed by atoms with E-state index in [0.29, 0.717) is 5.92 Å². The standard InChI is InChI=1S/C15H30N2O2/c1-13(2)9-16-10-15(5-8-19-12-15)11-17(6-7-18)14-3-4-14/h13-14,16,18H,3-12H2,1-2H3. The Morgan fingerprint density at radius 3 is 2.74 bits per heavy atom. The Hall–Kier alpha value is -0.160. The Morgan fingerprint density at radius 2 is 2.21 bits per heavy atom. The number of rotatable bonds is 9. The second-order valence-corrected chi connectivity index (χ2v) is 6.75. The molecule has 2 N–H and O–H groups in total. The number of nitrogens with one attached hydrogen (secondary N) is 1. The maximum atomic E-state index is 9.23. The molecule has 4 nitrogen and oxygen atoms in total. The summed E-state index contributed by atoms with van der Waals surface area (Å²) in [6, 6.07) is 0.717. The van der Waals surface area contributed by atoms with E-state index in [2.05, 4.69) is 24.1 Å². The van der Waals surface area contributed by atoms with Gasteiger partial charge in [0.05, 0.1) is 13.2 Å². The number of aliphatic hydroxyl groups excluding tert-OH is 1. The van der Waals surface area contributed by atoms with Gasteiger partial charge in [0.15, 0.2) is 0 Å². The van der Waals surface area contributed by atoms with Crippen LogP contribution in [-0.2, 0) is 4.74 Å². The predicted octanol–water partition coefficient (Wildman–Crippen LogP) is 1.10. The number of hydrogen-bond donors (Lipinski definition) is 2. The van der Waals surface area contributed by atoms with Crippen molar-refractivity contribution in [2.75, 3.05) is 46.0 Å². The first-order valence-electron chi connectivity index (χ1n) is 7.78. The lowest BCUT2D eigenvalue weighted by Gasteiger charge is -2.34. The molecule has 0 bridgehead atoms. The number of aliphatic hydroxyl groups is 1. The van der Waals surface area contributed by atoms with Crippen molar-refractivity contribution < 1.29 is 9.84 Å². The molecule has 19 heavy (non-hydrogen) atoms. The van der Waals surface area contributed by atoms with Gasteiger partial charge in [-0.25, -0.2) is 0 Å². The molecule has 1 atom stereocenters. The van der Waals surface area contributed by atoms with Crippen LogP contribution in [0, 0.1) is 11.3 Å². The molecule has 0 aromatic heterocycles. The van der Waals surface area contributed by atoms with Gasteiger partial charge in [0, 0.05) is 37.7 Å². The molecule has 2 rings (SSSR count). The van der Waals surface area contributed by atoms with Gasteiger partial charge in [0.2, 0.25) is 0 Å². The van der Waals surface area contributed by atoms with Gasteiger partial charge in [0.25, 0.3) is 0 Å². The number of nitrogens with zero attached hydrogens (tertiary/aromatic N) is 1. The molecule has 112 valence electrons. The monoisotopic (exact) mass is 270 g/mol. The maximum absolute atomic E-state index is 9.23. The molecule has 1 unspecified atom stereocenters. The van der Waals surface area contributed by atoms with Crippen molar-refractivity contribution in [1.82, 2.24) is 10.2 Å². The zero-order chi connectivity index (χ0) is 13.7. The van der Waals surface area contributed by atoms with E-state index >= 15 is 0 Å². The number of ether oxygens (including phenoxy) is 1. The highest BCUT2D eigenvalue weighted by Crippen LogP contribution is 2.34. The highest BCUT2D eigenvalue weighted by Gasteiger charge is 2.40. The average molecular weight is 270 g/mol. The molecule has 1 saturated carbocycles. The van der Waals surface area contributed by atoms with Crippen molar-refractivity contribution in [3.8, 4) is 0 Å². The molecule has 1 heterocycles. The summed E-state index contributed by atoms with van der Waals surface area (Å²) in [5.74, 6) is 0.691. The van der Waals surface area contributed by atoms with Crippen LogP contribution in [0.4, 0.5) is 0 Å². The van der Waals surface area contributed by atoms with Crippen molar-refractivity contribution in [2.45, 2.75) is 39.2 Å². The Labute approximate surface area is 117 Å². The highest BCUT2D eigenvalue weighted by molar-refractivity contribution is 4.93. The molecule has 4 heteroatoms. The normalized spacial score (nSPS) is 27.6. The molecule has 0 amide bonds. The molecule has 1 aliphatic carbocycles. The van der Waals surface area contributed by atoms with Crippen LogP contribution in [0.15, 0.2) is 0 Å². The lowest BCUT2D eigenvalue weighted by molar-refractivity contribution is 0.0921. The minimum absolute atomic E-state index is 0.257. The highest BCUT2D eigenvalue weighted by atomic mass is 16.5. The molecule has 1 aliphatic heterocycles. The third-order valence-electron chi connectivity index (χ3n) is 4.23. The Morgan fingerprint density at radius 1 is 1.42 bits per heavy atom. The summed E-state index contributed by atoms with van der Waals surface area (Å²) in [7, 11) is 0. The summed E-state index contributed by atoms with van der Waals surface area (Å²) < 4.78 is 5.67. The smallest absolute Gasteiger partial charge is 0.0558 e. The zero-order valence-corrected chi connectivity index (χ0v) is 12.5. The van der Waals surface area contributed by atoms with Crippen molar-refractivity contribution in [2.24, 2.45) is 11.3 Å². The molecule has 0 spiro atoms. The molecule has 1 saturated heterocycles. The van der Waals surface area contributed by atoms with Crippen LogP contribution in [0.3, 0.4) is 0 Å². The third kappa shape index (κ3) is 4.71. The van der Waals surface area contributed by atoms with Crippen molar-refractivity contribution in [1.29, 1.82) is 0 Å². The Bertz CT molecular complexity index is 261. The summed E-state index contributed by atoms with van der Waals surface area (Å²) in [5.41, 5.74) is 0.257. The second-order valence-electron chi connectivity index (χ2n) is 6.75. The lowest BCUT2D eigenvalue weighted by Crippen LogP contribution is -2.46. The van der Waals surface area contributed by atoms with Gasteiger partial charge in [-0.15, -0.1) is 0 Å². The lowest BCUT2D eigenvalue weighted by atomic mass is 9.86. The first-order valence-corrected chi connectivity index (χ1v) is 7.78. The topological polar surface area (TPSA) is 44.7 Å². The predicted molar refractivity (Wildman–Crippen MR) is 77.3 cm³/mol. The van der Waals surface area contributed by atoms with Gasteiger partial charge in [0.1, 0.15) is 0 Å². The first-order chi connectivity index (χ1) is 9.15. The Kier molecular flexibility index (Phi) is 5.63. The largest absolute Gasteiger partial charge is 0.395 e. The van der Waals surface area contributed by atoms with Crippen molar-refractivity contribution in [3.05, 3.63) is 0 Å². The Balaban J connectivity index is 1.86. The van der Waals surface area contributed by atoms with E-state index < -0.39 is 0 Å². The minimum Gasteiger partial charge on any atom is -0.395 e. The van der Waals surface area contributed by atoms with Gasteiger partial charge in [-0.05, 0) is 31.7 Å². The fourth-order valence-corrected chi connectivity index (χ4v) is 2.99. The summed E-state index contributed by atoms with van der Waals surface area (Å²) in [6.07, 6.45) is 3.75. The fraction of sp³-hybridized carbons (Fsp3) is 1.00. The molecular formula is C15H30N2O2. The second kappa shape index (κ2) is 7.02. The summed E-state index contributed by atoms with van der Waals surface area (Å²) >= 11 is 0. The molecular weight excluding hydrogens is 240 g/mol. The van der Waals surface area contributed by atoms with E-state index in [-0.39, 0.29) is 12.0 Å². The van der Waals surface area contributed by atoms with Crippen LogP contribution in [0.5, 0.6) is 0 Å². The zero-order valence-electron chi connectivity index (χ0n) is 12.5. The van der Waals surface area contributed by atoms with Crippen LogP contribution in [0.2, 0.25) is 0 Å². The molecule has 0 radical (unpaired) electrons. The molecule has 0 aromatic rings. The molecule has 2 fully saturated rings. The van der Waals surface area contributed by atoms with E-state index in [1.807, 2.05) is 0 Å². The van der Waals surface area contributed by atoms with Crippen LogP contribution in [-0.4, -0.2) is 62.0 Å². The first kappa shape index (κ1) is 15.2. The van der Waals surface area contributed by atoms with Gasteiger partial charge in [-0.3, -0.25) is 4.90 Å². The molecule has 2 aliphatic rings. The number of hydrogen-bond acceptors (Lipinski definition) is 4. The van der Waals surface area contributed by atoms with Crippen molar-refractivity contribution in [3.63, 3.8) is 0 Å². The van der Waals surface area contributed by atoms with Crippen LogP contribution < -0.4 is 5.32 Å². The van der Waals surface area contributed by atoms with E-state index in [1.165, 1.54) is 12.8 Å². The van der Waals surface area contributed by atoms with Crippen LogP contribution in [0.1, 0.15) is 33.1 Å². The van der Waals surface area contributed by atoms with Gasteiger partial charge >= 0.3 is 0 Å². The fourth-order valence-electron chi connectivity index (χ4n) is 2.99. The quantitative estimate of drug-likeness (QED) is 0.658. The van der Waals surface area contributed by atoms with Gasteiger partial charge in [-0.2, -0.15) is 0 Å². The van der Waals surface area contributed by atoms with Gasteiger partial charge < -0.3 is 15.2 Å². The van der Waals surface area contributed by atoms with Crippen molar-refractivity contribution >= 4 is 0 Å². The van der Waals surface area contributed by atoms with E-state index in [1.54, 1.807) is 0 Å².